The average molecular weight is 619 g/mol. The Kier molecular flexibility index (Phi) is 9.61. The molecule has 2 aliphatic rings. The lowest BCUT2D eigenvalue weighted by Gasteiger charge is -2.23. The second-order valence-corrected chi connectivity index (χ2v) is 11.4. The molecule has 238 valence electrons. The van der Waals surface area contributed by atoms with Crippen LogP contribution in [0.5, 0.6) is 23.0 Å². The summed E-state index contributed by atoms with van der Waals surface area (Å²) in [5, 5.41) is 14.6. The van der Waals surface area contributed by atoms with Crippen molar-refractivity contribution in [1.82, 2.24) is 25.4 Å². The highest BCUT2D eigenvalue weighted by atomic mass is 19.1. The molecule has 3 N–H and O–H groups in total. The minimum Gasteiger partial charge on any atom is -0.493 e. The lowest BCUT2D eigenvalue weighted by Crippen LogP contribution is -2.41. The fourth-order valence-electron chi connectivity index (χ4n) is 5.80. The van der Waals surface area contributed by atoms with Gasteiger partial charge in [0.1, 0.15) is 11.3 Å². The van der Waals surface area contributed by atoms with Crippen LogP contribution >= 0.6 is 0 Å². The standard InChI is InChI=1S/C33H39FN6O5/c1-40-19-25(33(41)38-21-6-3-4-7-21)32(39-40)37-22-9-10-29(26(34)16-22)45-28-11-12-36-27-18-31(30(42-2)17-24(27)28)44-14-5-8-23-20-43-15-13-35-23/h9-12,16-19,21,23,35H,3-8,13-15,20H2,1-2H3,(H,37,39)(H,38,41). The Morgan fingerprint density at radius 3 is 2.78 bits per heavy atom. The third-order valence-electron chi connectivity index (χ3n) is 8.12. The summed E-state index contributed by atoms with van der Waals surface area (Å²) in [5.74, 6) is 1.14. The first-order valence-corrected chi connectivity index (χ1v) is 15.5. The number of pyridine rings is 1. The van der Waals surface area contributed by atoms with Gasteiger partial charge in [-0.2, -0.15) is 5.10 Å². The predicted molar refractivity (Wildman–Crippen MR) is 168 cm³/mol. The Morgan fingerprint density at radius 2 is 2.00 bits per heavy atom. The highest BCUT2D eigenvalue weighted by Gasteiger charge is 2.22. The average Bonchev–Trinajstić information content (AvgIpc) is 3.70. The SMILES string of the molecule is COc1cc2c(Oc3ccc(Nc4nn(C)cc4C(=O)NC4CCCC4)cc3F)ccnc2cc1OCCCC1COCCN1. The van der Waals surface area contributed by atoms with Crippen LogP contribution in [0.4, 0.5) is 15.9 Å². The maximum Gasteiger partial charge on any atom is 0.256 e. The third kappa shape index (κ3) is 7.46. The lowest BCUT2D eigenvalue weighted by atomic mass is 10.1. The molecule has 1 aliphatic heterocycles. The van der Waals surface area contributed by atoms with E-state index in [2.05, 4.69) is 26.0 Å². The number of methoxy groups -OCH3 is 1. The van der Waals surface area contributed by atoms with E-state index in [-0.39, 0.29) is 17.7 Å². The van der Waals surface area contributed by atoms with Gasteiger partial charge in [0.25, 0.3) is 5.91 Å². The quantitative estimate of drug-likeness (QED) is 0.178. The number of carbonyl (C=O) groups excluding carboxylic acids is 1. The number of amides is 1. The number of ether oxygens (including phenoxy) is 4. The Hall–Kier alpha value is -4.42. The largest absolute Gasteiger partial charge is 0.493 e. The molecule has 2 fully saturated rings. The number of benzene rings is 2. The summed E-state index contributed by atoms with van der Waals surface area (Å²) < 4.78 is 40.1. The van der Waals surface area contributed by atoms with E-state index < -0.39 is 5.82 Å². The summed E-state index contributed by atoms with van der Waals surface area (Å²) in [4.78, 5) is 17.4. The van der Waals surface area contributed by atoms with Crippen LogP contribution in [0.1, 0.15) is 48.9 Å². The van der Waals surface area contributed by atoms with Crippen LogP contribution < -0.4 is 30.2 Å². The maximum absolute atomic E-state index is 15.3. The van der Waals surface area contributed by atoms with Crippen LogP contribution in [0.25, 0.3) is 10.9 Å². The molecule has 11 nitrogen and oxygen atoms in total. The van der Waals surface area contributed by atoms with Crippen molar-refractivity contribution < 1.29 is 28.1 Å². The van der Waals surface area contributed by atoms with E-state index >= 15 is 4.39 Å². The van der Waals surface area contributed by atoms with E-state index in [1.807, 2.05) is 0 Å². The number of halogens is 1. The molecule has 12 heteroatoms. The summed E-state index contributed by atoms with van der Waals surface area (Å²) >= 11 is 0. The van der Waals surface area contributed by atoms with Crippen LogP contribution in [0.15, 0.2) is 48.8 Å². The van der Waals surface area contributed by atoms with E-state index in [1.165, 1.54) is 12.1 Å². The molecule has 6 rings (SSSR count). The smallest absolute Gasteiger partial charge is 0.256 e. The minimum absolute atomic E-state index is 0.0351. The number of carbonyl (C=O) groups is 1. The van der Waals surface area contributed by atoms with Gasteiger partial charge >= 0.3 is 0 Å². The molecule has 1 unspecified atom stereocenters. The van der Waals surface area contributed by atoms with Crippen molar-refractivity contribution in [3.63, 3.8) is 0 Å². The molecule has 0 bridgehead atoms. The zero-order valence-electron chi connectivity index (χ0n) is 25.6. The normalized spacial score (nSPS) is 16.9. The van der Waals surface area contributed by atoms with Crippen molar-refractivity contribution in [3.05, 3.63) is 60.2 Å². The molecule has 3 heterocycles. The molecule has 1 saturated heterocycles. The van der Waals surface area contributed by atoms with Gasteiger partial charge in [0, 0.05) is 61.3 Å². The number of hydrogen-bond donors (Lipinski definition) is 3. The Morgan fingerprint density at radius 1 is 1.13 bits per heavy atom. The summed E-state index contributed by atoms with van der Waals surface area (Å²) in [6.45, 7) is 2.87. The molecule has 45 heavy (non-hydrogen) atoms. The van der Waals surface area contributed by atoms with Crippen LogP contribution in [-0.4, -0.2) is 66.2 Å². The zero-order valence-corrected chi connectivity index (χ0v) is 25.6. The van der Waals surface area contributed by atoms with Crippen molar-refractivity contribution in [1.29, 1.82) is 0 Å². The number of aryl methyl sites for hydroxylation is 1. The summed E-state index contributed by atoms with van der Waals surface area (Å²) in [7, 11) is 3.31. The van der Waals surface area contributed by atoms with Crippen molar-refractivity contribution >= 4 is 28.3 Å². The third-order valence-corrected chi connectivity index (χ3v) is 8.12. The molecule has 0 spiro atoms. The molecule has 1 amide bonds. The summed E-state index contributed by atoms with van der Waals surface area (Å²) in [6, 6.07) is 10.3. The Labute approximate surface area is 261 Å². The lowest BCUT2D eigenvalue weighted by molar-refractivity contribution is 0.0721. The van der Waals surface area contributed by atoms with Crippen LogP contribution in [0.3, 0.4) is 0 Å². The van der Waals surface area contributed by atoms with Gasteiger partial charge in [0.2, 0.25) is 0 Å². The van der Waals surface area contributed by atoms with E-state index in [0.29, 0.717) is 57.9 Å². The Bertz CT molecular complexity index is 1630. The summed E-state index contributed by atoms with van der Waals surface area (Å²) in [5.41, 5.74) is 1.47. The fourth-order valence-corrected chi connectivity index (χ4v) is 5.80. The van der Waals surface area contributed by atoms with Gasteiger partial charge in [-0.15, -0.1) is 0 Å². The molecule has 4 aromatic rings. The molecule has 1 aliphatic carbocycles. The number of hydrogen-bond acceptors (Lipinski definition) is 9. The number of nitrogens with one attached hydrogen (secondary N) is 3. The van der Waals surface area contributed by atoms with Crippen molar-refractivity contribution in [2.75, 3.05) is 38.8 Å². The van der Waals surface area contributed by atoms with Crippen LogP contribution in [0, 0.1) is 5.82 Å². The first kappa shape index (κ1) is 30.6. The van der Waals surface area contributed by atoms with E-state index in [0.717, 1.165) is 58.3 Å². The maximum atomic E-state index is 15.3. The number of aromatic nitrogens is 3. The Balaban J connectivity index is 1.13. The zero-order chi connectivity index (χ0) is 31.2. The minimum atomic E-state index is -0.581. The van der Waals surface area contributed by atoms with Gasteiger partial charge in [-0.05, 0) is 49.9 Å². The number of rotatable bonds is 12. The predicted octanol–water partition coefficient (Wildman–Crippen LogP) is 5.47. The first-order chi connectivity index (χ1) is 22.0. The van der Waals surface area contributed by atoms with Gasteiger partial charge in [-0.25, -0.2) is 4.39 Å². The summed E-state index contributed by atoms with van der Waals surface area (Å²) in [6.07, 6.45) is 9.26. The van der Waals surface area contributed by atoms with E-state index in [1.54, 1.807) is 55.5 Å². The first-order valence-electron chi connectivity index (χ1n) is 15.5. The van der Waals surface area contributed by atoms with Gasteiger partial charge in [-0.1, -0.05) is 12.8 Å². The van der Waals surface area contributed by atoms with Crippen molar-refractivity contribution in [2.24, 2.45) is 7.05 Å². The second-order valence-electron chi connectivity index (χ2n) is 11.4. The topological polar surface area (TPSA) is 121 Å². The molecule has 0 radical (unpaired) electrons. The highest BCUT2D eigenvalue weighted by molar-refractivity contribution is 5.99. The van der Waals surface area contributed by atoms with Gasteiger partial charge in [-0.3, -0.25) is 14.5 Å². The van der Waals surface area contributed by atoms with Crippen LogP contribution in [0.2, 0.25) is 0 Å². The van der Waals surface area contributed by atoms with Crippen molar-refractivity contribution in [3.8, 4) is 23.0 Å². The van der Waals surface area contributed by atoms with E-state index in [9.17, 15) is 4.79 Å². The van der Waals surface area contributed by atoms with E-state index in [4.69, 9.17) is 18.9 Å². The molecule has 2 aromatic heterocycles. The number of anilines is 2. The number of fused-ring (bicyclic) bond motifs is 1. The molecular formula is C33H39FN6O5. The molecular weight excluding hydrogens is 579 g/mol. The molecule has 1 saturated carbocycles. The van der Waals surface area contributed by atoms with Crippen LogP contribution in [-0.2, 0) is 11.8 Å². The second kappa shape index (κ2) is 14.1. The van der Waals surface area contributed by atoms with Gasteiger partial charge in [0.15, 0.2) is 28.9 Å². The van der Waals surface area contributed by atoms with Gasteiger partial charge < -0.3 is 34.9 Å². The van der Waals surface area contributed by atoms with Crippen molar-refractivity contribution in [2.45, 2.75) is 50.6 Å². The highest BCUT2D eigenvalue weighted by Crippen LogP contribution is 2.38. The fraction of sp³-hybridized carbons (Fsp3) is 0.424. The number of morpholine rings is 1. The molecule has 2 aromatic carbocycles. The number of nitrogens with zero attached hydrogens (tertiary/aromatic N) is 3. The van der Waals surface area contributed by atoms with Gasteiger partial charge in [0.05, 0.1) is 32.4 Å². The molecule has 1 atom stereocenters. The monoisotopic (exact) mass is 618 g/mol.